The minimum Gasteiger partial charge on any atom is -0.507 e. The molecule has 0 atom stereocenters. The Hall–Kier alpha value is -4.20. The van der Waals surface area contributed by atoms with Gasteiger partial charge in [0.05, 0.1) is 18.4 Å². The molecule has 8 heteroatoms. The zero-order valence-corrected chi connectivity index (χ0v) is 18.6. The van der Waals surface area contributed by atoms with Crippen LogP contribution in [0.5, 0.6) is 23.0 Å². The molecular weight excluding hydrogens is 422 g/mol. The first-order valence-corrected chi connectivity index (χ1v) is 10.5. The van der Waals surface area contributed by atoms with Crippen molar-refractivity contribution in [2.75, 3.05) is 13.9 Å². The zero-order valence-electron chi connectivity index (χ0n) is 18.6. The standard InChI is InChI=1S/C25H25N3O5/c1-15(2)18-12-19(20(29)13-22(18)31-3)24(27-28-25(30)16-7-5-4-6-8-16)26-17-9-10-21-23(11-17)33-14-32-21/h4-13,15,29H,14H2,1-3H3,(H,26,27)(H,28,30). The first-order valence-electron chi connectivity index (χ1n) is 10.5. The molecule has 0 spiro atoms. The average molecular weight is 447 g/mol. The summed E-state index contributed by atoms with van der Waals surface area (Å²) in [6, 6.07) is 17.4. The lowest BCUT2D eigenvalue weighted by atomic mass is 9.98. The molecule has 170 valence electrons. The van der Waals surface area contributed by atoms with Gasteiger partial charge in [-0.05, 0) is 41.8 Å². The van der Waals surface area contributed by atoms with E-state index in [1.54, 1.807) is 61.7 Å². The van der Waals surface area contributed by atoms with Crippen molar-refractivity contribution < 1.29 is 24.1 Å². The van der Waals surface area contributed by atoms with Gasteiger partial charge in [-0.3, -0.25) is 15.6 Å². The van der Waals surface area contributed by atoms with Crippen molar-refractivity contribution in [1.29, 1.82) is 0 Å². The molecule has 33 heavy (non-hydrogen) atoms. The average Bonchev–Trinajstić information content (AvgIpc) is 3.29. The van der Waals surface area contributed by atoms with Crippen LogP contribution < -0.4 is 25.1 Å². The van der Waals surface area contributed by atoms with E-state index in [1.807, 2.05) is 19.9 Å². The number of carbonyl (C=O) groups excluding carboxylic acids is 1. The van der Waals surface area contributed by atoms with Gasteiger partial charge < -0.3 is 19.3 Å². The quantitative estimate of drug-likeness (QED) is 0.307. The smallest absolute Gasteiger partial charge is 0.269 e. The van der Waals surface area contributed by atoms with Gasteiger partial charge in [-0.1, -0.05) is 32.0 Å². The molecule has 4 rings (SSSR count). The molecule has 8 nitrogen and oxygen atoms in total. The third-order valence-electron chi connectivity index (χ3n) is 5.15. The Labute approximate surface area is 191 Å². The molecule has 3 aromatic rings. The van der Waals surface area contributed by atoms with Crippen molar-refractivity contribution in [2.24, 2.45) is 4.99 Å². The minimum atomic E-state index is -0.342. The molecule has 0 aromatic heterocycles. The molecule has 1 aliphatic rings. The van der Waals surface area contributed by atoms with E-state index in [4.69, 9.17) is 14.2 Å². The van der Waals surface area contributed by atoms with E-state index >= 15 is 0 Å². The van der Waals surface area contributed by atoms with Gasteiger partial charge in [-0.2, -0.15) is 0 Å². The Kier molecular flexibility index (Phi) is 6.35. The van der Waals surface area contributed by atoms with E-state index in [0.717, 1.165) is 5.56 Å². The highest BCUT2D eigenvalue weighted by Crippen LogP contribution is 2.36. The van der Waals surface area contributed by atoms with Crippen LogP contribution in [0.25, 0.3) is 0 Å². The fraction of sp³-hybridized carbons (Fsp3) is 0.200. The normalized spacial score (nSPS) is 12.5. The zero-order chi connectivity index (χ0) is 23.4. The number of phenolic OH excluding ortho intramolecular Hbond substituents is 1. The van der Waals surface area contributed by atoms with Gasteiger partial charge in [-0.25, -0.2) is 4.99 Å². The summed E-state index contributed by atoms with van der Waals surface area (Å²) in [6.45, 7) is 4.20. The van der Waals surface area contributed by atoms with Gasteiger partial charge in [0, 0.05) is 17.7 Å². The molecule has 0 saturated heterocycles. The van der Waals surface area contributed by atoms with Crippen LogP contribution in [0.4, 0.5) is 5.69 Å². The number of ether oxygens (including phenoxy) is 3. The predicted octanol–water partition coefficient (Wildman–Crippen LogP) is 4.27. The summed E-state index contributed by atoms with van der Waals surface area (Å²) in [4.78, 5) is 17.2. The number of rotatable bonds is 5. The van der Waals surface area contributed by atoms with Gasteiger partial charge in [0.15, 0.2) is 17.3 Å². The number of nitrogens with one attached hydrogen (secondary N) is 2. The second-order valence-corrected chi connectivity index (χ2v) is 7.71. The van der Waals surface area contributed by atoms with Crippen LogP contribution in [0, 0.1) is 0 Å². The monoisotopic (exact) mass is 447 g/mol. The number of hydrogen-bond acceptors (Lipinski definition) is 6. The molecule has 1 aliphatic heterocycles. The lowest BCUT2D eigenvalue weighted by Gasteiger charge is -2.18. The summed E-state index contributed by atoms with van der Waals surface area (Å²) in [5, 5.41) is 10.8. The van der Waals surface area contributed by atoms with E-state index < -0.39 is 0 Å². The summed E-state index contributed by atoms with van der Waals surface area (Å²) in [5.41, 5.74) is 7.86. The number of hydrogen-bond donors (Lipinski definition) is 3. The third kappa shape index (κ3) is 4.85. The molecule has 0 fully saturated rings. The fourth-order valence-corrected chi connectivity index (χ4v) is 3.42. The molecule has 0 unspecified atom stereocenters. The lowest BCUT2D eigenvalue weighted by Crippen LogP contribution is -2.42. The lowest BCUT2D eigenvalue weighted by molar-refractivity contribution is 0.0944. The van der Waals surface area contributed by atoms with E-state index in [-0.39, 0.29) is 30.2 Å². The molecule has 3 aromatic carbocycles. The van der Waals surface area contributed by atoms with Gasteiger partial charge in [0.2, 0.25) is 6.79 Å². The van der Waals surface area contributed by atoms with E-state index in [2.05, 4.69) is 15.8 Å². The highest BCUT2D eigenvalue weighted by atomic mass is 16.7. The van der Waals surface area contributed by atoms with Crippen LogP contribution in [0.2, 0.25) is 0 Å². The molecular formula is C25H25N3O5. The number of nitrogens with zero attached hydrogens (tertiary/aromatic N) is 1. The van der Waals surface area contributed by atoms with E-state index in [9.17, 15) is 9.90 Å². The maximum absolute atomic E-state index is 12.6. The van der Waals surface area contributed by atoms with Gasteiger partial charge in [0.1, 0.15) is 11.5 Å². The number of hydrazine groups is 1. The van der Waals surface area contributed by atoms with Crippen LogP contribution in [-0.4, -0.2) is 30.8 Å². The maximum Gasteiger partial charge on any atom is 0.269 e. The van der Waals surface area contributed by atoms with Gasteiger partial charge in [0.25, 0.3) is 5.91 Å². The van der Waals surface area contributed by atoms with Crippen LogP contribution in [-0.2, 0) is 0 Å². The summed E-state index contributed by atoms with van der Waals surface area (Å²) < 4.78 is 16.2. The first kappa shape index (κ1) is 22.0. The van der Waals surface area contributed by atoms with Gasteiger partial charge >= 0.3 is 0 Å². The van der Waals surface area contributed by atoms with Crippen LogP contribution >= 0.6 is 0 Å². The number of phenols is 1. The van der Waals surface area contributed by atoms with Crippen molar-refractivity contribution in [3.05, 3.63) is 77.4 Å². The number of benzene rings is 3. The van der Waals surface area contributed by atoms with Crippen molar-refractivity contribution in [1.82, 2.24) is 10.9 Å². The van der Waals surface area contributed by atoms with Gasteiger partial charge in [-0.15, -0.1) is 0 Å². The number of aromatic hydroxyl groups is 1. The topological polar surface area (TPSA) is 101 Å². The Morgan fingerprint density at radius 2 is 1.79 bits per heavy atom. The summed E-state index contributed by atoms with van der Waals surface area (Å²) in [5.74, 6) is 1.77. The summed E-state index contributed by atoms with van der Waals surface area (Å²) >= 11 is 0. The van der Waals surface area contributed by atoms with Crippen LogP contribution in [0.1, 0.15) is 41.3 Å². The second-order valence-electron chi connectivity index (χ2n) is 7.71. The minimum absolute atomic E-state index is 0.0443. The van der Waals surface area contributed by atoms with Crippen molar-refractivity contribution in [2.45, 2.75) is 19.8 Å². The fourth-order valence-electron chi connectivity index (χ4n) is 3.42. The van der Waals surface area contributed by atoms with Crippen LogP contribution in [0.15, 0.2) is 65.7 Å². The number of amides is 1. The Balaban J connectivity index is 1.73. The SMILES string of the molecule is COc1cc(O)c(C(=Nc2ccc3c(c2)OCO3)NNC(=O)c2ccccc2)cc1C(C)C. The Morgan fingerprint density at radius 1 is 1.03 bits per heavy atom. The number of fused-ring (bicyclic) bond motifs is 1. The van der Waals surface area contributed by atoms with Crippen molar-refractivity contribution in [3.8, 4) is 23.0 Å². The largest absolute Gasteiger partial charge is 0.507 e. The number of methoxy groups -OCH3 is 1. The second kappa shape index (κ2) is 9.52. The first-order chi connectivity index (χ1) is 16.0. The highest BCUT2D eigenvalue weighted by molar-refractivity contribution is 6.05. The number of amidine groups is 1. The number of carbonyl (C=O) groups is 1. The highest BCUT2D eigenvalue weighted by Gasteiger charge is 2.19. The Morgan fingerprint density at radius 3 is 2.52 bits per heavy atom. The molecule has 1 amide bonds. The Bertz CT molecular complexity index is 1190. The molecule has 0 bridgehead atoms. The summed E-state index contributed by atoms with van der Waals surface area (Å²) in [7, 11) is 1.56. The molecule has 3 N–H and O–H groups in total. The predicted molar refractivity (Wildman–Crippen MR) is 125 cm³/mol. The van der Waals surface area contributed by atoms with Crippen molar-refractivity contribution in [3.63, 3.8) is 0 Å². The third-order valence-corrected chi connectivity index (χ3v) is 5.15. The number of aliphatic imine (C=N–C) groups is 1. The molecule has 0 aliphatic carbocycles. The molecule has 0 saturated carbocycles. The molecule has 1 heterocycles. The van der Waals surface area contributed by atoms with Crippen LogP contribution in [0.3, 0.4) is 0 Å². The van der Waals surface area contributed by atoms with E-state index in [0.29, 0.717) is 34.1 Å². The summed E-state index contributed by atoms with van der Waals surface area (Å²) in [6.07, 6.45) is 0. The van der Waals surface area contributed by atoms with E-state index in [1.165, 1.54) is 0 Å². The van der Waals surface area contributed by atoms with Crippen molar-refractivity contribution >= 4 is 17.4 Å². The molecule has 0 radical (unpaired) electrons. The maximum atomic E-state index is 12.6.